The van der Waals surface area contributed by atoms with Crippen molar-refractivity contribution in [1.29, 1.82) is 5.41 Å². The van der Waals surface area contributed by atoms with Gasteiger partial charge in [-0.15, -0.1) is 11.8 Å². The van der Waals surface area contributed by atoms with Gasteiger partial charge in [-0.2, -0.15) is 0 Å². The minimum Gasteiger partial charge on any atom is -0.387 e. The van der Waals surface area contributed by atoms with Crippen molar-refractivity contribution in [2.45, 2.75) is 23.5 Å². The van der Waals surface area contributed by atoms with Gasteiger partial charge in [0.1, 0.15) is 5.84 Å². The van der Waals surface area contributed by atoms with Crippen molar-refractivity contribution in [2.75, 3.05) is 0 Å². The monoisotopic (exact) mass is 228 g/mol. The highest BCUT2D eigenvalue weighted by Gasteiger charge is 2.10. The molecule has 1 aromatic carbocycles. The second-order valence-electron chi connectivity index (χ2n) is 2.93. The zero-order chi connectivity index (χ0) is 10.6. The molecule has 1 aromatic rings. The molecule has 14 heavy (non-hydrogen) atoms. The molecule has 0 aromatic heterocycles. The van der Waals surface area contributed by atoms with E-state index >= 15 is 0 Å². The fraction of sp³-hybridized carbons (Fsp3) is 0.300. The molecule has 0 saturated heterocycles. The van der Waals surface area contributed by atoms with E-state index in [1.54, 1.807) is 11.8 Å². The Morgan fingerprint density at radius 1 is 1.64 bits per heavy atom. The molecule has 76 valence electrons. The molecule has 4 heteroatoms. The van der Waals surface area contributed by atoms with Gasteiger partial charge in [-0.05, 0) is 24.6 Å². The van der Waals surface area contributed by atoms with Gasteiger partial charge >= 0.3 is 0 Å². The van der Waals surface area contributed by atoms with Crippen molar-refractivity contribution < 1.29 is 0 Å². The summed E-state index contributed by atoms with van der Waals surface area (Å²) in [6.07, 6.45) is 0.854. The highest BCUT2D eigenvalue weighted by molar-refractivity contribution is 8.00. The topological polar surface area (TPSA) is 49.9 Å². The first-order valence-electron chi connectivity index (χ1n) is 4.39. The van der Waals surface area contributed by atoms with Gasteiger partial charge in [0.2, 0.25) is 0 Å². The lowest BCUT2D eigenvalue weighted by atomic mass is 10.3. The minimum atomic E-state index is 0.0495. The predicted octanol–water partition coefficient (Wildman–Crippen LogP) is 3.15. The summed E-state index contributed by atoms with van der Waals surface area (Å²) < 4.78 is 0. The molecule has 2 nitrogen and oxygen atoms in total. The standard InChI is InChI=1S/C10H13ClN2S/c1-2-9(10(12)13)14-8-5-3-4-7(11)6-8/h3-6,9H,2H2,1H3,(H3,12,13). The number of thioether (sulfide) groups is 1. The molecule has 3 N–H and O–H groups in total. The van der Waals surface area contributed by atoms with Crippen molar-refractivity contribution in [1.82, 2.24) is 0 Å². The van der Waals surface area contributed by atoms with Gasteiger partial charge in [-0.1, -0.05) is 24.6 Å². The van der Waals surface area contributed by atoms with E-state index in [0.717, 1.165) is 11.3 Å². The van der Waals surface area contributed by atoms with E-state index < -0.39 is 0 Å². The van der Waals surface area contributed by atoms with E-state index in [4.69, 9.17) is 22.7 Å². The maximum atomic E-state index is 7.38. The van der Waals surface area contributed by atoms with E-state index in [2.05, 4.69) is 0 Å². The van der Waals surface area contributed by atoms with Gasteiger partial charge < -0.3 is 5.73 Å². The second-order valence-corrected chi connectivity index (χ2v) is 4.64. The minimum absolute atomic E-state index is 0.0495. The maximum absolute atomic E-state index is 7.38. The van der Waals surface area contributed by atoms with Crippen molar-refractivity contribution in [3.05, 3.63) is 29.3 Å². The molecular weight excluding hydrogens is 216 g/mol. The number of nitrogens with one attached hydrogen (secondary N) is 1. The van der Waals surface area contributed by atoms with Crippen molar-refractivity contribution >= 4 is 29.2 Å². The predicted molar refractivity (Wildman–Crippen MR) is 63.3 cm³/mol. The van der Waals surface area contributed by atoms with Crippen LogP contribution in [-0.2, 0) is 0 Å². The Morgan fingerprint density at radius 2 is 2.36 bits per heavy atom. The normalized spacial score (nSPS) is 12.4. The summed E-state index contributed by atoms with van der Waals surface area (Å²) in [6, 6.07) is 7.60. The summed E-state index contributed by atoms with van der Waals surface area (Å²) in [7, 11) is 0. The van der Waals surface area contributed by atoms with E-state index in [-0.39, 0.29) is 11.1 Å². The molecule has 0 bridgehead atoms. The average molecular weight is 229 g/mol. The third kappa shape index (κ3) is 3.24. The molecule has 1 rings (SSSR count). The van der Waals surface area contributed by atoms with Gasteiger partial charge in [0.15, 0.2) is 0 Å². The number of benzene rings is 1. The van der Waals surface area contributed by atoms with Crippen LogP contribution in [0, 0.1) is 5.41 Å². The van der Waals surface area contributed by atoms with Crippen LogP contribution < -0.4 is 5.73 Å². The van der Waals surface area contributed by atoms with Crippen LogP contribution >= 0.6 is 23.4 Å². The highest BCUT2D eigenvalue weighted by atomic mass is 35.5. The molecule has 0 amide bonds. The molecule has 0 radical (unpaired) electrons. The summed E-state index contributed by atoms with van der Waals surface area (Å²) in [5, 5.41) is 8.14. The van der Waals surface area contributed by atoms with Crippen LogP contribution in [0.25, 0.3) is 0 Å². The van der Waals surface area contributed by atoms with Crippen LogP contribution in [0.1, 0.15) is 13.3 Å². The Balaban J connectivity index is 2.72. The van der Waals surface area contributed by atoms with Gasteiger partial charge in [0.05, 0.1) is 5.25 Å². The summed E-state index contributed by atoms with van der Waals surface area (Å²) >= 11 is 7.43. The van der Waals surface area contributed by atoms with Crippen molar-refractivity contribution in [2.24, 2.45) is 5.73 Å². The summed E-state index contributed by atoms with van der Waals surface area (Å²) in [4.78, 5) is 1.06. The smallest absolute Gasteiger partial charge is 0.104 e. The third-order valence-electron chi connectivity index (χ3n) is 1.79. The highest BCUT2D eigenvalue weighted by Crippen LogP contribution is 2.27. The SMILES string of the molecule is CCC(Sc1cccc(Cl)c1)C(=N)N. The van der Waals surface area contributed by atoms with E-state index in [0.29, 0.717) is 5.02 Å². The molecule has 0 aliphatic carbocycles. The summed E-state index contributed by atoms with van der Waals surface area (Å²) in [5.41, 5.74) is 5.46. The Morgan fingerprint density at radius 3 is 2.86 bits per heavy atom. The van der Waals surface area contributed by atoms with Gasteiger partial charge in [-0.25, -0.2) is 0 Å². The molecule has 1 unspecified atom stereocenters. The zero-order valence-electron chi connectivity index (χ0n) is 7.96. The number of amidine groups is 1. The molecule has 0 fully saturated rings. The molecule has 0 heterocycles. The fourth-order valence-corrected chi connectivity index (χ4v) is 2.30. The van der Waals surface area contributed by atoms with Gasteiger partial charge in [0.25, 0.3) is 0 Å². The van der Waals surface area contributed by atoms with Crippen molar-refractivity contribution in [3.8, 4) is 0 Å². The number of nitrogens with two attached hydrogens (primary N) is 1. The number of halogens is 1. The van der Waals surface area contributed by atoms with Crippen LogP contribution in [0.15, 0.2) is 29.2 Å². The largest absolute Gasteiger partial charge is 0.387 e. The fourth-order valence-electron chi connectivity index (χ4n) is 1.07. The van der Waals surface area contributed by atoms with Crippen LogP contribution in [0.5, 0.6) is 0 Å². The van der Waals surface area contributed by atoms with E-state index in [1.807, 2.05) is 31.2 Å². The van der Waals surface area contributed by atoms with Crippen LogP contribution in [0.3, 0.4) is 0 Å². The number of rotatable bonds is 4. The number of hydrogen-bond donors (Lipinski definition) is 2. The molecule has 0 aliphatic rings. The van der Waals surface area contributed by atoms with E-state index in [1.165, 1.54) is 0 Å². The maximum Gasteiger partial charge on any atom is 0.104 e. The summed E-state index contributed by atoms with van der Waals surface area (Å²) in [6.45, 7) is 2.02. The van der Waals surface area contributed by atoms with Gasteiger partial charge in [0, 0.05) is 9.92 Å². The first kappa shape index (κ1) is 11.4. The Kier molecular flexibility index (Phi) is 4.29. The first-order valence-corrected chi connectivity index (χ1v) is 5.65. The Hall–Kier alpha value is -0.670. The van der Waals surface area contributed by atoms with Crippen molar-refractivity contribution in [3.63, 3.8) is 0 Å². The third-order valence-corrected chi connectivity index (χ3v) is 3.43. The number of hydrogen-bond acceptors (Lipinski definition) is 2. The van der Waals surface area contributed by atoms with Crippen LogP contribution in [0.2, 0.25) is 5.02 Å². The van der Waals surface area contributed by atoms with Gasteiger partial charge in [-0.3, -0.25) is 5.41 Å². The quantitative estimate of drug-likeness (QED) is 0.473. The lowest BCUT2D eigenvalue weighted by Gasteiger charge is -2.12. The lowest BCUT2D eigenvalue weighted by molar-refractivity contribution is 0.991. The lowest BCUT2D eigenvalue weighted by Crippen LogP contribution is -2.23. The Labute approximate surface area is 93.3 Å². The molecule has 0 aliphatic heterocycles. The zero-order valence-corrected chi connectivity index (χ0v) is 9.53. The molecule has 1 atom stereocenters. The molecular formula is C10H13ClN2S. The average Bonchev–Trinajstić information content (AvgIpc) is 2.14. The van der Waals surface area contributed by atoms with Crippen LogP contribution in [-0.4, -0.2) is 11.1 Å². The molecule has 0 saturated carbocycles. The molecule has 0 spiro atoms. The summed E-state index contributed by atoms with van der Waals surface area (Å²) in [5.74, 6) is 0.220. The van der Waals surface area contributed by atoms with E-state index in [9.17, 15) is 0 Å². The second kappa shape index (κ2) is 5.27. The Bertz CT molecular complexity index is 328. The van der Waals surface area contributed by atoms with Crippen LogP contribution in [0.4, 0.5) is 0 Å². The first-order chi connectivity index (χ1) is 6.63.